The zero-order valence-corrected chi connectivity index (χ0v) is 11.3. The Kier molecular flexibility index (Phi) is 5.79. The van der Waals surface area contributed by atoms with Crippen LogP contribution in [0.1, 0.15) is 33.6 Å². The van der Waals surface area contributed by atoms with Crippen molar-refractivity contribution in [2.24, 2.45) is 5.73 Å². The van der Waals surface area contributed by atoms with Gasteiger partial charge in [-0.2, -0.15) is 0 Å². The van der Waals surface area contributed by atoms with Gasteiger partial charge in [-0.05, 0) is 44.1 Å². The highest BCUT2D eigenvalue weighted by Gasteiger charge is 2.16. The van der Waals surface area contributed by atoms with Gasteiger partial charge in [-0.3, -0.25) is 9.59 Å². The van der Waals surface area contributed by atoms with Crippen LogP contribution in [0.3, 0.4) is 0 Å². The number of halogens is 1. The average molecular weight is 284 g/mol. The minimum absolute atomic E-state index is 0. The van der Waals surface area contributed by atoms with Crippen molar-refractivity contribution in [3.63, 3.8) is 0 Å². The first-order valence-corrected chi connectivity index (χ1v) is 6.08. The van der Waals surface area contributed by atoms with E-state index in [1.54, 1.807) is 18.2 Å². The van der Waals surface area contributed by atoms with Crippen molar-refractivity contribution in [2.75, 3.05) is 13.1 Å². The lowest BCUT2D eigenvalue weighted by Gasteiger charge is -2.23. The Labute approximate surface area is 118 Å². The highest BCUT2D eigenvalue weighted by Crippen LogP contribution is 2.07. The number of nitrogens with two attached hydrogens (primary N) is 1. The molecule has 0 atom stereocenters. The second-order valence-corrected chi connectivity index (χ2v) is 4.44. The molecule has 1 heterocycles. The van der Waals surface area contributed by atoms with E-state index in [4.69, 9.17) is 5.73 Å². The van der Waals surface area contributed by atoms with Gasteiger partial charge in [0.25, 0.3) is 5.91 Å². The molecule has 0 saturated carbocycles. The second-order valence-electron chi connectivity index (χ2n) is 4.44. The zero-order chi connectivity index (χ0) is 13.0. The zero-order valence-electron chi connectivity index (χ0n) is 10.5. The van der Waals surface area contributed by atoms with E-state index in [-0.39, 0.29) is 24.4 Å². The van der Waals surface area contributed by atoms with Crippen molar-refractivity contribution in [3.8, 4) is 0 Å². The van der Waals surface area contributed by atoms with Gasteiger partial charge in [0.15, 0.2) is 0 Å². The molecule has 104 valence electrons. The monoisotopic (exact) mass is 283 g/mol. The van der Waals surface area contributed by atoms with Crippen molar-refractivity contribution in [1.29, 1.82) is 0 Å². The van der Waals surface area contributed by atoms with Crippen molar-refractivity contribution in [1.82, 2.24) is 10.6 Å². The van der Waals surface area contributed by atoms with Gasteiger partial charge in [-0.25, -0.2) is 0 Å². The Morgan fingerprint density at radius 1 is 1.21 bits per heavy atom. The third-order valence-electron chi connectivity index (χ3n) is 3.08. The molecule has 5 nitrogen and oxygen atoms in total. The van der Waals surface area contributed by atoms with Gasteiger partial charge in [0.2, 0.25) is 5.91 Å². The number of hydrogen-bond donors (Lipinski definition) is 3. The molecule has 0 spiro atoms. The lowest BCUT2D eigenvalue weighted by Crippen LogP contribution is -2.42. The van der Waals surface area contributed by atoms with E-state index in [0.29, 0.717) is 11.1 Å². The van der Waals surface area contributed by atoms with Crippen LogP contribution in [0.4, 0.5) is 0 Å². The number of benzene rings is 1. The molecule has 1 aliphatic rings. The van der Waals surface area contributed by atoms with E-state index in [0.717, 1.165) is 25.9 Å². The smallest absolute Gasteiger partial charge is 0.251 e. The number of carbonyl (C=O) groups excluding carboxylic acids is 2. The van der Waals surface area contributed by atoms with Crippen LogP contribution in [0, 0.1) is 0 Å². The molecule has 0 aliphatic carbocycles. The molecule has 4 N–H and O–H groups in total. The van der Waals surface area contributed by atoms with Crippen LogP contribution in [-0.2, 0) is 0 Å². The standard InChI is InChI=1S/C13H17N3O2.ClH/c14-12(17)9-2-1-3-10(8-9)13(18)16-11-4-6-15-7-5-11;/h1-3,8,11,15H,4-7H2,(H2,14,17)(H,16,18);1H. The first-order valence-electron chi connectivity index (χ1n) is 6.08. The maximum Gasteiger partial charge on any atom is 0.251 e. The number of piperidine rings is 1. The Morgan fingerprint density at radius 2 is 1.84 bits per heavy atom. The van der Waals surface area contributed by atoms with Crippen molar-refractivity contribution in [3.05, 3.63) is 35.4 Å². The Morgan fingerprint density at radius 3 is 2.47 bits per heavy atom. The molecule has 1 aromatic carbocycles. The lowest BCUT2D eigenvalue weighted by molar-refractivity contribution is 0.0929. The average Bonchev–Trinajstić information content (AvgIpc) is 2.40. The van der Waals surface area contributed by atoms with E-state index in [1.165, 1.54) is 6.07 Å². The summed E-state index contributed by atoms with van der Waals surface area (Å²) in [6, 6.07) is 6.68. The maximum absolute atomic E-state index is 12.0. The summed E-state index contributed by atoms with van der Waals surface area (Å²) in [6.07, 6.45) is 1.86. The Bertz CT molecular complexity index is 459. The summed E-state index contributed by atoms with van der Waals surface area (Å²) in [5, 5.41) is 6.21. The largest absolute Gasteiger partial charge is 0.366 e. The highest BCUT2D eigenvalue weighted by atomic mass is 35.5. The van der Waals surface area contributed by atoms with Gasteiger partial charge in [0, 0.05) is 17.2 Å². The fourth-order valence-electron chi connectivity index (χ4n) is 2.05. The molecule has 1 fully saturated rings. The molecule has 0 bridgehead atoms. The lowest BCUT2D eigenvalue weighted by atomic mass is 10.1. The predicted octanol–water partition coefficient (Wildman–Crippen LogP) is 0.689. The topological polar surface area (TPSA) is 84.2 Å². The molecule has 1 aromatic rings. The van der Waals surface area contributed by atoms with Crippen LogP contribution in [0.5, 0.6) is 0 Å². The summed E-state index contributed by atoms with van der Waals surface area (Å²) in [5.41, 5.74) is 6.02. The summed E-state index contributed by atoms with van der Waals surface area (Å²) in [4.78, 5) is 23.1. The Balaban J connectivity index is 0.00000180. The molecule has 2 rings (SSSR count). The summed E-state index contributed by atoms with van der Waals surface area (Å²) in [5.74, 6) is -0.670. The number of carbonyl (C=O) groups is 2. The molecule has 1 aliphatic heterocycles. The summed E-state index contributed by atoms with van der Waals surface area (Å²) in [6.45, 7) is 1.85. The Hall–Kier alpha value is -1.59. The van der Waals surface area contributed by atoms with Gasteiger partial charge < -0.3 is 16.4 Å². The normalized spacial score (nSPS) is 15.4. The molecular formula is C13H18ClN3O2. The second kappa shape index (κ2) is 7.11. The summed E-state index contributed by atoms with van der Waals surface area (Å²) >= 11 is 0. The third kappa shape index (κ3) is 4.22. The minimum atomic E-state index is -0.522. The van der Waals surface area contributed by atoms with Crippen molar-refractivity contribution >= 4 is 24.2 Å². The van der Waals surface area contributed by atoms with Crippen LogP contribution < -0.4 is 16.4 Å². The molecule has 0 aromatic heterocycles. The predicted molar refractivity (Wildman–Crippen MR) is 75.6 cm³/mol. The molecule has 2 amide bonds. The third-order valence-corrected chi connectivity index (χ3v) is 3.08. The van der Waals surface area contributed by atoms with E-state index >= 15 is 0 Å². The first-order chi connectivity index (χ1) is 8.66. The molecule has 1 saturated heterocycles. The fourth-order valence-corrected chi connectivity index (χ4v) is 2.05. The van der Waals surface area contributed by atoms with Crippen LogP contribution >= 0.6 is 12.4 Å². The van der Waals surface area contributed by atoms with Gasteiger partial charge in [-0.1, -0.05) is 6.07 Å². The van der Waals surface area contributed by atoms with Gasteiger partial charge >= 0.3 is 0 Å². The van der Waals surface area contributed by atoms with Crippen molar-refractivity contribution in [2.45, 2.75) is 18.9 Å². The maximum atomic E-state index is 12.0. The van der Waals surface area contributed by atoms with Crippen molar-refractivity contribution < 1.29 is 9.59 Å². The summed E-state index contributed by atoms with van der Waals surface area (Å²) in [7, 11) is 0. The van der Waals surface area contributed by atoms with Crippen LogP contribution in [0.15, 0.2) is 24.3 Å². The minimum Gasteiger partial charge on any atom is -0.366 e. The number of amides is 2. The van der Waals surface area contributed by atoms with Gasteiger partial charge in [0.1, 0.15) is 0 Å². The van der Waals surface area contributed by atoms with E-state index in [1.807, 2.05) is 0 Å². The first kappa shape index (κ1) is 15.5. The molecule has 0 radical (unpaired) electrons. The van der Waals surface area contributed by atoms with E-state index in [9.17, 15) is 9.59 Å². The fraction of sp³-hybridized carbons (Fsp3) is 0.385. The molecule has 0 unspecified atom stereocenters. The molecule has 19 heavy (non-hydrogen) atoms. The van der Waals surface area contributed by atoms with E-state index in [2.05, 4.69) is 10.6 Å². The number of rotatable bonds is 3. The number of hydrogen-bond acceptors (Lipinski definition) is 3. The molecular weight excluding hydrogens is 266 g/mol. The quantitative estimate of drug-likeness (QED) is 0.763. The van der Waals surface area contributed by atoms with Gasteiger partial charge in [-0.15, -0.1) is 12.4 Å². The van der Waals surface area contributed by atoms with Crippen LogP contribution in [0.2, 0.25) is 0 Å². The summed E-state index contributed by atoms with van der Waals surface area (Å²) < 4.78 is 0. The van der Waals surface area contributed by atoms with Crippen LogP contribution in [0.25, 0.3) is 0 Å². The van der Waals surface area contributed by atoms with Crippen LogP contribution in [-0.4, -0.2) is 30.9 Å². The van der Waals surface area contributed by atoms with Gasteiger partial charge in [0.05, 0.1) is 0 Å². The number of primary amides is 1. The number of nitrogens with one attached hydrogen (secondary N) is 2. The van der Waals surface area contributed by atoms with E-state index < -0.39 is 5.91 Å². The SMILES string of the molecule is Cl.NC(=O)c1cccc(C(=O)NC2CCNCC2)c1. The molecule has 6 heteroatoms. The highest BCUT2D eigenvalue weighted by molar-refractivity contribution is 5.99.